The zero-order valence-corrected chi connectivity index (χ0v) is 18.5. The molecule has 0 radical (unpaired) electrons. The van der Waals surface area contributed by atoms with Crippen LogP contribution < -0.4 is 4.74 Å². The van der Waals surface area contributed by atoms with E-state index >= 15 is 0 Å². The molecule has 3 aromatic heterocycles. The summed E-state index contributed by atoms with van der Waals surface area (Å²) in [7, 11) is 1.51. The number of halogens is 4. The van der Waals surface area contributed by atoms with E-state index in [-0.39, 0.29) is 5.56 Å². The summed E-state index contributed by atoms with van der Waals surface area (Å²) in [5, 5.41) is 0. The van der Waals surface area contributed by atoms with Crippen molar-refractivity contribution in [3.05, 3.63) is 77.5 Å². The van der Waals surface area contributed by atoms with Crippen LogP contribution in [-0.4, -0.2) is 31.2 Å². The second-order valence-electron chi connectivity index (χ2n) is 8.25. The van der Waals surface area contributed by atoms with Gasteiger partial charge in [0.25, 0.3) is 0 Å². The standard InChI is InChI=1S/C24H21F4N5O/c1-14-11-33(13-29-14)21-8-7-19(31-23(21)34-2)20-12-32-9-3-4-17(22(32)30-20)16-6-5-15(25)10-18(16)24(26,27)28/h5-8,10-13,17H,3-4,9H2,1-2H3. The highest BCUT2D eigenvalue weighted by Crippen LogP contribution is 2.41. The number of aryl methyl sites for hydroxylation is 2. The minimum atomic E-state index is -4.66. The lowest BCUT2D eigenvalue weighted by atomic mass is 9.87. The van der Waals surface area contributed by atoms with E-state index in [0.29, 0.717) is 54.2 Å². The Labute approximate surface area is 192 Å². The molecule has 0 fully saturated rings. The summed E-state index contributed by atoms with van der Waals surface area (Å²) in [6.07, 6.45) is 1.81. The Morgan fingerprint density at radius 3 is 2.59 bits per heavy atom. The largest absolute Gasteiger partial charge is 0.479 e. The molecule has 0 spiro atoms. The molecule has 4 heterocycles. The van der Waals surface area contributed by atoms with Gasteiger partial charge in [0.05, 0.1) is 30.4 Å². The fourth-order valence-corrected chi connectivity index (χ4v) is 4.45. The molecule has 34 heavy (non-hydrogen) atoms. The molecule has 1 aliphatic rings. The van der Waals surface area contributed by atoms with Crippen molar-refractivity contribution in [2.45, 2.75) is 38.4 Å². The van der Waals surface area contributed by atoms with Gasteiger partial charge in [0.15, 0.2) is 0 Å². The first kappa shape index (κ1) is 22.1. The number of benzene rings is 1. The molecule has 1 aromatic carbocycles. The number of imidazole rings is 2. The Kier molecular flexibility index (Phi) is 5.38. The Morgan fingerprint density at radius 1 is 1.06 bits per heavy atom. The third-order valence-corrected chi connectivity index (χ3v) is 5.99. The minimum Gasteiger partial charge on any atom is -0.479 e. The molecule has 0 saturated heterocycles. The first-order valence-corrected chi connectivity index (χ1v) is 10.7. The molecule has 10 heteroatoms. The van der Waals surface area contributed by atoms with Gasteiger partial charge in [-0.2, -0.15) is 13.2 Å². The zero-order valence-electron chi connectivity index (χ0n) is 18.5. The van der Waals surface area contributed by atoms with E-state index in [1.165, 1.54) is 13.2 Å². The summed E-state index contributed by atoms with van der Waals surface area (Å²) >= 11 is 0. The van der Waals surface area contributed by atoms with Crippen LogP contribution >= 0.6 is 0 Å². The number of hydrogen-bond donors (Lipinski definition) is 0. The Balaban J connectivity index is 1.55. The molecule has 1 unspecified atom stereocenters. The van der Waals surface area contributed by atoms with Crippen LogP contribution in [0, 0.1) is 12.7 Å². The number of nitrogens with zero attached hydrogens (tertiary/aromatic N) is 5. The molecule has 0 N–H and O–H groups in total. The van der Waals surface area contributed by atoms with E-state index in [4.69, 9.17) is 4.74 Å². The summed E-state index contributed by atoms with van der Waals surface area (Å²) in [4.78, 5) is 13.5. The maximum atomic E-state index is 13.7. The number of hydrogen-bond acceptors (Lipinski definition) is 4. The van der Waals surface area contributed by atoms with E-state index in [0.717, 1.165) is 11.8 Å². The van der Waals surface area contributed by atoms with E-state index in [1.54, 1.807) is 23.2 Å². The molecular weight excluding hydrogens is 450 g/mol. The van der Waals surface area contributed by atoms with Gasteiger partial charge < -0.3 is 13.9 Å². The van der Waals surface area contributed by atoms with Crippen molar-refractivity contribution in [1.29, 1.82) is 0 Å². The van der Waals surface area contributed by atoms with Gasteiger partial charge in [-0.15, -0.1) is 0 Å². The molecule has 1 aliphatic heterocycles. The van der Waals surface area contributed by atoms with Crippen LogP contribution in [-0.2, 0) is 12.7 Å². The van der Waals surface area contributed by atoms with Crippen molar-refractivity contribution in [2.24, 2.45) is 0 Å². The number of aromatic nitrogens is 5. The fraction of sp³-hybridized carbons (Fsp3) is 0.292. The maximum absolute atomic E-state index is 13.7. The first-order valence-electron chi connectivity index (χ1n) is 10.7. The number of alkyl halides is 3. The summed E-state index contributed by atoms with van der Waals surface area (Å²) in [6, 6.07) is 6.46. The Bertz CT molecular complexity index is 1360. The van der Waals surface area contributed by atoms with E-state index < -0.39 is 23.5 Å². The number of pyridine rings is 1. The molecule has 0 amide bonds. The second kappa shape index (κ2) is 8.27. The van der Waals surface area contributed by atoms with Crippen LogP contribution in [0.1, 0.15) is 41.4 Å². The number of ether oxygens (including phenoxy) is 1. The number of fused-ring (bicyclic) bond motifs is 1. The molecule has 4 aromatic rings. The predicted molar refractivity (Wildman–Crippen MR) is 116 cm³/mol. The molecule has 1 atom stereocenters. The van der Waals surface area contributed by atoms with Crippen molar-refractivity contribution in [2.75, 3.05) is 7.11 Å². The third kappa shape index (κ3) is 3.93. The predicted octanol–water partition coefficient (Wildman–Crippen LogP) is 5.53. The van der Waals surface area contributed by atoms with Crippen molar-refractivity contribution in [3.8, 4) is 23.0 Å². The Morgan fingerprint density at radius 2 is 1.88 bits per heavy atom. The summed E-state index contributed by atoms with van der Waals surface area (Å²) in [5.74, 6) is -0.640. The lowest BCUT2D eigenvalue weighted by Gasteiger charge is -2.26. The highest BCUT2D eigenvalue weighted by molar-refractivity contribution is 5.59. The van der Waals surface area contributed by atoms with Gasteiger partial charge in [-0.05, 0) is 49.6 Å². The Hall–Kier alpha value is -3.69. The molecule has 0 aliphatic carbocycles. The topological polar surface area (TPSA) is 57.8 Å². The number of rotatable bonds is 4. The first-order chi connectivity index (χ1) is 16.2. The van der Waals surface area contributed by atoms with Crippen molar-refractivity contribution in [1.82, 2.24) is 24.1 Å². The van der Waals surface area contributed by atoms with Gasteiger partial charge in [0.2, 0.25) is 5.88 Å². The van der Waals surface area contributed by atoms with Crippen molar-refractivity contribution >= 4 is 0 Å². The van der Waals surface area contributed by atoms with Gasteiger partial charge in [-0.1, -0.05) is 6.07 Å². The molecular formula is C24H21F4N5O. The lowest BCUT2D eigenvalue weighted by molar-refractivity contribution is -0.138. The second-order valence-corrected chi connectivity index (χ2v) is 8.25. The van der Waals surface area contributed by atoms with E-state index in [9.17, 15) is 17.6 Å². The van der Waals surface area contributed by atoms with E-state index in [2.05, 4.69) is 15.0 Å². The van der Waals surface area contributed by atoms with Crippen molar-refractivity contribution in [3.63, 3.8) is 0 Å². The zero-order chi connectivity index (χ0) is 24.0. The van der Waals surface area contributed by atoms with Crippen LogP contribution in [0.3, 0.4) is 0 Å². The van der Waals surface area contributed by atoms with Crippen LogP contribution in [0.25, 0.3) is 17.1 Å². The van der Waals surface area contributed by atoms with Crippen molar-refractivity contribution < 1.29 is 22.3 Å². The van der Waals surface area contributed by atoms with Gasteiger partial charge >= 0.3 is 6.18 Å². The quantitative estimate of drug-likeness (QED) is 0.367. The van der Waals surface area contributed by atoms with Gasteiger partial charge in [-0.3, -0.25) is 0 Å². The average Bonchev–Trinajstić information content (AvgIpc) is 3.44. The smallest absolute Gasteiger partial charge is 0.416 e. The van der Waals surface area contributed by atoms with Crippen LogP contribution in [0.4, 0.5) is 17.6 Å². The summed E-state index contributed by atoms with van der Waals surface area (Å²) in [5.41, 5.74) is 1.68. The molecule has 0 saturated carbocycles. The monoisotopic (exact) mass is 471 g/mol. The lowest BCUT2D eigenvalue weighted by Crippen LogP contribution is -2.20. The van der Waals surface area contributed by atoms with Gasteiger partial charge in [0.1, 0.15) is 23.0 Å². The number of methoxy groups -OCH3 is 1. The van der Waals surface area contributed by atoms with E-state index in [1.807, 2.05) is 23.8 Å². The third-order valence-electron chi connectivity index (χ3n) is 5.99. The molecule has 0 bridgehead atoms. The molecule has 176 valence electrons. The van der Waals surface area contributed by atoms with Crippen LogP contribution in [0.5, 0.6) is 5.88 Å². The SMILES string of the molecule is COc1nc(-c2cn3c(n2)C(c2ccc(F)cc2C(F)(F)F)CCC3)ccc1-n1cnc(C)c1. The summed E-state index contributed by atoms with van der Waals surface area (Å²) < 4.78 is 63.8. The molecule has 5 rings (SSSR count). The maximum Gasteiger partial charge on any atom is 0.416 e. The normalized spacial score (nSPS) is 15.9. The fourth-order valence-electron chi connectivity index (χ4n) is 4.45. The van der Waals surface area contributed by atoms with Crippen LogP contribution in [0.15, 0.2) is 49.1 Å². The van der Waals surface area contributed by atoms with Gasteiger partial charge in [0, 0.05) is 24.9 Å². The highest BCUT2D eigenvalue weighted by Gasteiger charge is 2.38. The van der Waals surface area contributed by atoms with Gasteiger partial charge in [-0.25, -0.2) is 19.3 Å². The average molecular weight is 471 g/mol. The summed E-state index contributed by atoms with van der Waals surface area (Å²) in [6.45, 7) is 2.51. The minimum absolute atomic E-state index is 0.0309. The highest BCUT2D eigenvalue weighted by atomic mass is 19.4. The van der Waals surface area contributed by atoms with Crippen LogP contribution in [0.2, 0.25) is 0 Å². The molecule has 6 nitrogen and oxygen atoms in total.